The van der Waals surface area contributed by atoms with Gasteiger partial charge < -0.3 is 4.74 Å². The monoisotopic (exact) mass is 261 g/mol. The highest BCUT2D eigenvalue weighted by Gasteiger charge is 2.17. The van der Waals surface area contributed by atoms with E-state index in [1.54, 1.807) is 7.11 Å². The van der Waals surface area contributed by atoms with Gasteiger partial charge >= 0.3 is 0 Å². The molecule has 19 heavy (non-hydrogen) atoms. The van der Waals surface area contributed by atoms with Crippen molar-refractivity contribution in [3.8, 4) is 0 Å². The van der Waals surface area contributed by atoms with Gasteiger partial charge in [0.25, 0.3) is 0 Å². The van der Waals surface area contributed by atoms with Crippen LogP contribution in [0.25, 0.3) is 0 Å². The third-order valence-electron chi connectivity index (χ3n) is 3.97. The van der Waals surface area contributed by atoms with Crippen LogP contribution in [0.15, 0.2) is 18.2 Å². The number of likely N-dealkylation sites (N-methyl/N-ethyl adjacent to an activating group) is 1. The lowest BCUT2D eigenvalue weighted by Crippen LogP contribution is -2.36. The second-order valence-electron chi connectivity index (χ2n) is 5.48. The minimum atomic E-state index is 0.195. The van der Waals surface area contributed by atoms with Crippen LogP contribution in [0, 0.1) is 0 Å². The molecule has 1 aromatic rings. The fourth-order valence-corrected chi connectivity index (χ4v) is 2.59. The lowest BCUT2D eigenvalue weighted by Gasteiger charge is -2.23. The summed E-state index contributed by atoms with van der Waals surface area (Å²) in [5.74, 6) is 0.195. The predicted molar refractivity (Wildman–Crippen MR) is 76.8 cm³/mol. The van der Waals surface area contributed by atoms with Crippen LogP contribution < -0.4 is 0 Å². The SMILES string of the molecule is COCC(C)N(C)CC(=O)c1ccc2c(c1)CCC2. The number of Topliss-reactive ketones (excluding diaryl/α,β-unsaturated/α-hetero) is 1. The smallest absolute Gasteiger partial charge is 0.176 e. The maximum Gasteiger partial charge on any atom is 0.176 e. The van der Waals surface area contributed by atoms with Gasteiger partial charge in [0.1, 0.15) is 0 Å². The summed E-state index contributed by atoms with van der Waals surface area (Å²) in [7, 11) is 3.65. The van der Waals surface area contributed by atoms with Gasteiger partial charge in [-0.1, -0.05) is 12.1 Å². The first kappa shape index (κ1) is 14.2. The van der Waals surface area contributed by atoms with Crippen LogP contribution in [-0.2, 0) is 17.6 Å². The van der Waals surface area contributed by atoms with E-state index < -0.39 is 0 Å². The number of methoxy groups -OCH3 is 1. The van der Waals surface area contributed by atoms with Crippen molar-refractivity contribution in [1.29, 1.82) is 0 Å². The third-order valence-corrected chi connectivity index (χ3v) is 3.97. The molecule has 1 atom stereocenters. The van der Waals surface area contributed by atoms with E-state index in [4.69, 9.17) is 4.74 Å². The average molecular weight is 261 g/mol. The quantitative estimate of drug-likeness (QED) is 0.736. The Morgan fingerprint density at radius 2 is 2.11 bits per heavy atom. The summed E-state index contributed by atoms with van der Waals surface area (Å²) in [5, 5.41) is 0. The number of carbonyl (C=O) groups excluding carboxylic acids is 1. The van der Waals surface area contributed by atoms with Gasteiger partial charge in [-0.2, -0.15) is 0 Å². The summed E-state index contributed by atoms with van der Waals surface area (Å²) in [4.78, 5) is 14.3. The highest BCUT2D eigenvalue weighted by molar-refractivity contribution is 5.97. The molecule has 0 heterocycles. The van der Waals surface area contributed by atoms with E-state index in [1.165, 1.54) is 17.5 Å². The number of benzene rings is 1. The number of ketones is 1. The Labute approximate surface area is 115 Å². The molecule has 0 aromatic heterocycles. The van der Waals surface area contributed by atoms with Gasteiger partial charge in [-0.25, -0.2) is 0 Å². The predicted octanol–water partition coefficient (Wildman–Crippen LogP) is 2.32. The minimum absolute atomic E-state index is 0.195. The number of carbonyl (C=O) groups is 1. The van der Waals surface area contributed by atoms with Crippen LogP contribution in [-0.4, -0.2) is 44.0 Å². The number of nitrogens with zero attached hydrogens (tertiary/aromatic N) is 1. The summed E-state index contributed by atoms with van der Waals surface area (Å²) < 4.78 is 5.12. The minimum Gasteiger partial charge on any atom is -0.383 e. The molecular formula is C16H23NO2. The van der Waals surface area contributed by atoms with E-state index in [0.717, 1.165) is 18.4 Å². The van der Waals surface area contributed by atoms with Crippen molar-refractivity contribution < 1.29 is 9.53 Å². The number of hydrogen-bond donors (Lipinski definition) is 0. The van der Waals surface area contributed by atoms with Crippen molar-refractivity contribution in [3.05, 3.63) is 34.9 Å². The highest BCUT2D eigenvalue weighted by atomic mass is 16.5. The number of rotatable bonds is 6. The molecule has 1 aliphatic rings. The molecule has 3 heteroatoms. The van der Waals surface area contributed by atoms with Crippen molar-refractivity contribution in [2.24, 2.45) is 0 Å². The van der Waals surface area contributed by atoms with E-state index in [1.807, 2.05) is 18.0 Å². The van der Waals surface area contributed by atoms with E-state index in [0.29, 0.717) is 13.2 Å². The second-order valence-corrected chi connectivity index (χ2v) is 5.48. The van der Waals surface area contributed by atoms with Crippen molar-refractivity contribution in [1.82, 2.24) is 4.90 Å². The van der Waals surface area contributed by atoms with Crippen LogP contribution in [0.1, 0.15) is 34.8 Å². The molecule has 3 nitrogen and oxygen atoms in total. The summed E-state index contributed by atoms with van der Waals surface area (Å²) in [6.07, 6.45) is 3.50. The fraction of sp³-hybridized carbons (Fsp3) is 0.562. The largest absolute Gasteiger partial charge is 0.383 e. The average Bonchev–Trinajstić information content (AvgIpc) is 2.85. The molecule has 1 aliphatic carbocycles. The zero-order valence-electron chi connectivity index (χ0n) is 12.1. The molecule has 1 unspecified atom stereocenters. The Hall–Kier alpha value is -1.19. The van der Waals surface area contributed by atoms with Gasteiger partial charge in [-0.3, -0.25) is 9.69 Å². The van der Waals surface area contributed by atoms with Crippen LogP contribution >= 0.6 is 0 Å². The van der Waals surface area contributed by atoms with Gasteiger partial charge in [-0.05, 0) is 50.4 Å². The zero-order valence-corrected chi connectivity index (χ0v) is 12.1. The van der Waals surface area contributed by atoms with E-state index in [-0.39, 0.29) is 11.8 Å². The summed E-state index contributed by atoms with van der Waals surface area (Å²) in [6.45, 7) is 3.16. The van der Waals surface area contributed by atoms with Gasteiger partial charge in [0.05, 0.1) is 13.2 Å². The first-order valence-electron chi connectivity index (χ1n) is 6.96. The lowest BCUT2D eigenvalue weighted by molar-refractivity contribution is 0.0841. The van der Waals surface area contributed by atoms with Gasteiger partial charge in [0.2, 0.25) is 0 Å². The molecular weight excluding hydrogens is 238 g/mol. The topological polar surface area (TPSA) is 29.5 Å². The molecule has 0 saturated heterocycles. The molecule has 0 aliphatic heterocycles. The summed E-state index contributed by atoms with van der Waals surface area (Å²) >= 11 is 0. The van der Waals surface area contributed by atoms with Gasteiger partial charge in [0, 0.05) is 18.7 Å². The molecule has 0 radical (unpaired) electrons. The Kier molecular flexibility index (Phi) is 4.72. The van der Waals surface area contributed by atoms with E-state index >= 15 is 0 Å². The van der Waals surface area contributed by atoms with E-state index in [9.17, 15) is 4.79 Å². The highest BCUT2D eigenvalue weighted by Crippen LogP contribution is 2.23. The first-order valence-corrected chi connectivity index (χ1v) is 6.96. The van der Waals surface area contributed by atoms with E-state index in [2.05, 4.69) is 19.1 Å². The molecule has 1 aromatic carbocycles. The Bertz CT molecular complexity index is 456. The Balaban J connectivity index is 2.00. The third kappa shape index (κ3) is 3.43. The molecule has 2 rings (SSSR count). The normalized spacial score (nSPS) is 15.6. The van der Waals surface area contributed by atoms with Crippen molar-refractivity contribution in [2.75, 3.05) is 27.3 Å². The number of hydrogen-bond acceptors (Lipinski definition) is 3. The molecule has 0 amide bonds. The molecule has 0 fully saturated rings. The second kappa shape index (κ2) is 6.31. The Morgan fingerprint density at radius 1 is 1.37 bits per heavy atom. The number of aryl methyl sites for hydroxylation is 2. The van der Waals surface area contributed by atoms with Crippen molar-refractivity contribution in [2.45, 2.75) is 32.2 Å². The maximum atomic E-state index is 12.3. The van der Waals surface area contributed by atoms with Gasteiger partial charge in [-0.15, -0.1) is 0 Å². The molecule has 104 valence electrons. The number of ether oxygens (including phenoxy) is 1. The molecule has 0 spiro atoms. The van der Waals surface area contributed by atoms with Crippen LogP contribution in [0.5, 0.6) is 0 Å². The van der Waals surface area contributed by atoms with Crippen molar-refractivity contribution >= 4 is 5.78 Å². The lowest BCUT2D eigenvalue weighted by atomic mass is 10.0. The zero-order chi connectivity index (χ0) is 13.8. The standard InChI is InChI=1S/C16H23NO2/c1-12(11-19-3)17(2)10-16(18)15-8-7-13-5-4-6-14(13)9-15/h7-9,12H,4-6,10-11H2,1-3H3. The van der Waals surface area contributed by atoms with Gasteiger partial charge in [0.15, 0.2) is 5.78 Å². The first-order chi connectivity index (χ1) is 9.11. The van der Waals surface area contributed by atoms with Crippen molar-refractivity contribution in [3.63, 3.8) is 0 Å². The summed E-state index contributed by atoms with van der Waals surface area (Å²) in [5.41, 5.74) is 3.62. The molecule has 0 saturated carbocycles. The fourth-order valence-electron chi connectivity index (χ4n) is 2.59. The summed E-state index contributed by atoms with van der Waals surface area (Å²) in [6, 6.07) is 6.43. The Morgan fingerprint density at radius 3 is 2.84 bits per heavy atom. The van der Waals surface area contributed by atoms with Crippen LogP contribution in [0.3, 0.4) is 0 Å². The molecule has 0 bridgehead atoms. The van der Waals surface area contributed by atoms with Crippen LogP contribution in [0.2, 0.25) is 0 Å². The maximum absolute atomic E-state index is 12.3. The number of fused-ring (bicyclic) bond motifs is 1. The molecule has 0 N–H and O–H groups in total. The van der Waals surface area contributed by atoms with Crippen LogP contribution in [0.4, 0.5) is 0 Å².